The van der Waals surface area contributed by atoms with Gasteiger partial charge in [0.05, 0.1) is 0 Å². The zero-order chi connectivity index (χ0) is 5.86. The van der Waals surface area contributed by atoms with Gasteiger partial charge in [-0.1, -0.05) is 13.8 Å². The number of hydrogen-bond acceptors (Lipinski definition) is 1. The van der Waals surface area contributed by atoms with Crippen molar-refractivity contribution in [2.75, 3.05) is 0 Å². The Bertz CT molecular complexity index is 78.2. The largest absolute Gasteiger partial charge is 0.300 e. The van der Waals surface area contributed by atoms with E-state index in [2.05, 4.69) is 0 Å². The molecule has 5 radical (unpaired) electrons. The first kappa shape index (κ1) is 11.3. The van der Waals surface area contributed by atoms with Crippen LogP contribution in [0.2, 0.25) is 0 Å². The Kier molecular flexibility index (Phi) is 7.91. The number of rotatable bonds is 2. The van der Waals surface area contributed by atoms with Crippen LogP contribution in [0.5, 0.6) is 0 Å². The van der Waals surface area contributed by atoms with E-state index in [0.717, 1.165) is 0 Å². The minimum Gasteiger partial charge on any atom is -0.300 e. The Hall–Kier alpha value is 0.469. The molecule has 0 bridgehead atoms. The van der Waals surface area contributed by atoms with Crippen LogP contribution in [0, 0.1) is 5.92 Å². The van der Waals surface area contributed by atoms with Crippen LogP contribution in [0.4, 0.5) is 0 Å². The van der Waals surface area contributed by atoms with Crippen molar-refractivity contribution >= 4 is 29.7 Å². The second kappa shape index (κ2) is 5.60. The van der Waals surface area contributed by atoms with Crippen molar-refractivity contribution in [3.8, 4) is 0 Å². The molecule has 0 spiro atoms. The molecule has 51 valence electrons. The Morgan fingerprint density at radius 1 is 1.38 bits per heavy atom. The molecule has 0 aliphatic carbocycles. The van der Waals surface area contributed by atoms with E-state index in [0.29, 0.717) is 6.42 Å². The monoisotopic (exact) mass is 225 g/mol. The SMILES string of the molecule is C[C](C)CC(C)=O.[HH].[HH].[HH].[Sn]. The third-order valence-electron chi connectivity index (χ3n) is 0.602. The third kappa shape index (κ3) is 9.69. The minimum absolute atomic E-state index is 0. The fourth-order valence-electron chi connectivity index (χ4n) is 0.498. The molecular formula is C6H17OSn. The van der Waals surface area contributed by atoms with E-state index in [1.165, 1.54) is 5.92 Å². The molecule has 0 saturated carbocycles. The van der Waals surface area contributed by atoms with Crippen LogP contribution in [-0.4, -0.2) is 29.7 Å². The molecule has 8 heavy (non-hydrogen) atoms. The van der Waals surface area contributed by atoms with Crippen LogP contribution < -0.4 is 0 Å². The van der Waals surface area contributed by atoms with E-state index in [1.54, 1.807) is 6.92 Å². The molecule has 0 aromatic rings. The summed E-state index contributed by atoms with van der Waals surface area (Å²) in [6.07, 6.45) is 0.639. The maximum atomic E-state index is 10.2. The first-order valence-electron chi connectivity index (χ1n) is 2.41. The zero-order valence-corrected chi connectivity index (χ0v) is 8.47. The van der Waals surface area contributed by atoms with Gasteiger partial charge in [0.2, 0.25) is 0 Å². The van der Waals surface area contributed by atoms with Crippen LogP contribution in [0.15, 0.2) is 0 Å². The molecule has 0 aromatic heterocycles. The molecule has 0 saturated heterocycles. The van der Waals surface area contributed by atoms with Crippen molar-refractivity contribution in [3.05, 3.63) is 5.92 Å². The molecule has 0 atom stereocenters. The molecule has 1 nitrogen and oxygen atoms in total. The Morgan fingerprint density at radius 2 is 1.75 bits per heavy atom. The van der Waals surface area contributed by atoms with Crippen LogP contribution in [0.3, 0.4) is 0 Å². The predicted molar refractivity (Wildman–Crippen MR) is 42.0 cm³/mol. The number of Topliss-reactive ketones (excluding diaryl/α,β-unsaturated/α-hetero) is 1. The molecule has 0 unspecified atom stereocenters. The van der Waals surface area contributed by atoms with Crippen molar-refractivity contribution < 1.29 is 9.07 Å². The Balaban J connectivity index is -0.0000000300. The summed E-state index contributed by atoms with van der Waals surface area (Å²) in [5.41, 5.74) is 0. The standard InChI is InChI=1S/C6H11O.Sn.3H2/c1-5(2)4-6(3)7;;;;/h4H2,1-3H3;;3*1H. The number of hydrogen-bond donors (Lipinski definition) is 0. The maximum Gasteiger partial charge on any atom is 0.130 e. The smallest absolute Gasteiger partial charge is 0.130 e. The van der Waals surface area contributed by atoms with Crippen molar-refractivity contribution in [2.24, 2.45) is 0 Å². The average Bonchev–Trinajstić information content (AvgIpc) is 1.27. The van der Waals surface area contributed by atoms with Gasteiger partial charge < -0.3 is 4.79 Å². The zero-order valence-electron chi connectivity index (χ0n) is 5.62. The van der Waals surface area contributed by atoms with Crippen LogP contribution in [0.1, 0.15) is 31.5 Å². The summed E-state index contributed by atoms with van der Waals surface area (Å²) < 4.78 is 0. The van der Waals surface area contributed by atoms with Crippen LogP contribution >= 0.6 is 0 Å². The van der Waals surface area contributed by atoms with E-state index in [4.69, 9.17) is 0 Å². The van der Waals surface area contributed by atoms with Crippen molar-refractivity contribution in [1.29, 1.82) is 0 Å². The van der Waals surface area contributed by atoms with Crippen LogP contribution in [-0.2, 0) is 4.79 Å². The molecular weight excluding hydrogens is 207 g/mol. The fraction of sp³-hybridized carbons (Fsp3) is 0.667. The van der Waals surface area contributed by atoms with E-state index in [9.17, 15) is 4.79 Å². The molecule has 2 heteroatoms. The molecule has 0 aromatic carbocycles. The van der Waals surface area contributed by atoms with Gasteiger partial charge in [0.25, 0.3) is 0 Å². The number of ketones is 1. The fourth-order valence-corrected chi connectivity index (χ4v) is 0.498. The summed E-state index contributed by atoms with van der Waals surface area (Å²) in [6.45, 7) is 5.52. The van der Waals surface area contributed by atoms with Gasteiger partial charge in [-0.05, 0) is 12.8 Å². The predicted octanol–water partition coefficient (Wildman–Crippen LogP) is 1.94. The second-order valence-electron chi connectivity index (χ2n) is 2.09. The molecule has 0 aliphatic rings. The third-order valence-corrected chi connectivity index (χ3v) is 0.602. The van der Waals surface area contributed by atoms with Crippen molar-refractivity contribution in [2.45, 2.75) is 27.2 Å². The molecule has 0 aliphatic heterocycles. The van der Waals surface area contributed by atoms with E-state index >= 15 is 0 Å². The average molecular weight is 224 g/mol. The maximum absolute atomic E-state index is 10.2. The molecule has 0 N–H and O–H groups in total. The van der Waals surface area contributed by atoms with E-state index < -0.39 is 0 Å². The molecule has 0 fully saturated rings. The summed E-state index contributed by atoms with van der Waals surface area (Å²) in [5.74, 6) is 1.44. The van der Waals surface area contributed by atoms with E-state index in [1.807, 2.05) is 13.8 Å². The summed E-state index contributed by atoms with van der Waals surface area (Å²) in [5, 5.41) is 0. The van der Waals surface area contributed by atoms with Gasteiger partial charge in [0.1, 0.15) is 5.78 Å². The topological polar surface area (TPSA) is 17.1 Å². The first-order valence-corrected chi connectivity index (χ1v) is 2.41. The molecule has 0 amide bonds. The summed E-state index contributed by atoms with van der Waals surface area (Å²) in [7, 11) is 0. The summed E-state index contributed by atoms with van der Waals surface area (Å²) >= 11 is 0. The Morgan fingerprint density at radius 3 is 1.75 bits per heavy atom. The summed E-state index contributed by atoms with van der Waals surface area (Å²) in [6, 6.07) is 0. The van der Waals surface area contributed by atoms with Gasteiger partial charge in [-0.3, -0.25) is 0 Å². The molecule has 0 rings (SSSR count). The van der Waals surface area contributed by atoms with Crippen molar-refractivity contribution in [1.82, 2.24) is 0 Å². The molecule has 0 heterocycles. The summed E-state index contributed by atoms with van der Waals surface area (Å²) in [4.78, 5) is 10.2. The van der Waals surface area contributed by atoms with Gasteiger partial charge in [-0.15, -0.1) is 0 Å². The van der Waals surface area contributed by atoms with Gasteiger partial charge in [-0.25, -0.2) is 0 Å². The quantitative estimate of drug-likeness (QED) is 0.655. The number of carbonyl (C=O) groups excluding carboxylic acids is 1. The van der Waals surface area contributed by atoms with E-state index in [-0.39, 0.29) is 34.0 Å². The van der Waals surface area contributed by atoms with Crippen LogP contribution in [0.25, 0.3) is 0 Å². The second-order valence-corrected chi connectivity index (χ2v) is 2.09. The van der Waals surface area contributed by atoms with Gasteiger partial charge >= 0.3 is 0 Å². The normalized spacial score (nSPS) is 8.50. The Labute approximate surface area is 72.3 Å². The number of carbonyl (C=O) groups is 1. The van der Waals surface area contributed by atoms with Gasteiger partial charge in [-0.2, -0.15) is 0 Å². The minimum atomic E-state index is 0. The van der Waals surface area contributed by atoms with Gasteiger partial charge in [0, 0.05) is 34.6 Å². The van der Waals surface area contributed by atoms with Crippen molar-refractivity contribution in [3.63, 3.8) is 0 Å². The first-order chi connectivity index (χ1) is 3.13. The van der Waals surface area contributed by atoms with Gasteiger partial charge in [0.15, 0.2) is 0 Å².